The molecule has 2 aromatic rings. The van der Waals surface area contributed by atoms with Crippen LogP contribution >= 0.6 is 0 Å². The standard InChI is InChI=1S/C12H6F3NO5/c13-12(14,15)4-2-1-3-5-6(4)9(17)7(10(18)19)8(16-5)11(20)21/h1-3H,(H,16,17)(H,18,19)(H,20,21). The lowest BCUT2D eigenvalue weighted by molar-refractivity contribution is -0.136. The fraction of sp³-hybridized carbons (Fsp3) is 0.0833. The van der Waals surface area contributed by atoms with Crippen LogP contribution < -0.4 is 0 Å². The first-order valence-corrected chi connectivity index (χ1v) is 5.34. The molecule has 6 nitrogen and oxygen atoms in total. The molecule has 0 radical (unpaired) electrons. The Morgan fingerprint density at radius 1 is 1.10 bits per heavy atom. The van der Waals surface area contributed by atoms with E-state index in [2.05, 4.69) is 4.98 Å². The van der Waals surface area contributed by atoms with Crippen molar-refractivity contribution in [3.05, 3.63) is 35.0 Å². The first-order valence-electron chi connectivity index (χ1n) is 5.34. The summed E-state index contributed by atoms with van der Waals surface area (Å²) in [4.78, 5) is 25.3. The quantitative estimate of drug-likeness (QED) is 0.786. The number of fused-ring (bicyclic) bond motifs is 1. The van der Waals surface area contributed by atoms with Crippen LogP contribution in [0, 0.1) is 0 Å². The number of carboxylic acid groups (broad SMARTS) is 2. The van der Waals surface area contributed by atoms with Gasteiger partial charge in [-0.3, -0.25) is 0 Å². The maximum atomic E-state index is 12.9. The molecule has 0 aliphatic heterocycles. The van der Waals surface area contributed by atoms with Gasteiger partial charge < -0.3 is 15.3 Å². The van der Waals surface area contributed by atoms with E-state index in [1.807, 2.05) is 0 Å². The monoisotopic (exact) mass is 301 g/mol. The maximum absolute atomic E-state index is 12.9. The SMILES string of the molecule is O=C(O)c1nc2cccc(C(F)(F)F)c2c(O)c1C(=O)O. The van der Waals surface area contributed by atoms with Crippen LogP contribution in [0.1, 0.15) is 26.4 Å². The van der Waals surface area contributed by atoms with E-state index in [9.17, 15) is 27.9 Å². The van der Waals surface area contributed by atoms with Crippen LogP contribution in [0.4, 0.5) is 13.2 Å². The number of carbonyl (C=O) groups is 2. The number of nitrogens with zero attached hydrogens (tertiary/aromatic N) is 1. The fourth-order valence-electron chi connectivity index (χ4n) is 1.89. The van der Waals surface area contributed by atoms with Crippen LogP contribution in [0.15, 0.2) is 18.2 Å². The van der Waals surface area contributed by atoms with Crippen LogP contribution in [0.5, 0.6) is 5.75 Å². The van der Waals surface area contributed by atoms with Crippen molar-refractivity contribution in [2.24, 2.45) is 0 Å². The Balaban J connectivity index is 3.02. The van der Waals surface area contributed by atoms with Crippen LogP contribution in [-0.4, -0.2) is 32.2 Å². The number of hydrogen-bond acceptors (Lipinski definition) is 4. The fourth-order valence-corrected chi connectivity index (χ4v) is 1.89. The van der Waals surface area contributed by atoms with Gasteiger partial charge in [0.2, 0.25) is 0 Å². The molecule has 0 aliphatic carbocycles. The molecule has 0 saturated carbocycles. The second-order valence-corrected chi connectivity index (χ2v) is 3.99. The first kappa shape index (κ1) is 14.6. The minimum absolute atomic E-state index is 0.468. The molecule has 0 spiro atoms. The van der Waals surface area contributed by atoms with Gasteiger partial charge in [0.25, 0.3) is 0 Å². The van der Waals surface area contributed by atoms with E-state index in [-0.39, 0.29) is 0 Å². The summed E-state index contributed by atoms with van der Waals surface area (Å²) < 4.78 is 38.7. The highest BCUT2D eigenvalue weighted by molar-refractivity contribution is 6.08. The predicted octanol–water partition coefficient (Wildman–Crippen LogP) is 2.36. The molecule has 0 bridgehead atoms. The lowest BCUT2D eigenvalue weighted by atomic mass is 10.0. The molecule has 1 aromatic heterocycles. The molecule has 0 aliphatic rings. The van der Waals surface area contributed by atoms with Crippen molar-refractivity contribution in [1.29, 1.82) is 0 Å². The van der Waals surface area contributed by atoms with E-state index in [4.69, 9.17) is 10.2 Å². The van der Waals surface area contributed by atoms with Gasteiger partial charge in [0.15, 0.2) is 5.69 Å². The van der Waals surface area contributed by atoms with Crippen molar-refractivity contribution >= 4 is 22.8 Å². The van der Waals surface area contributed by atoms with Gasteiger partial charge in [-0.25, -0.2) is 14.6 Å². The van der Waals surface area contributed by atoms with Crippen molar-refractivity contribution in [3.63, 3.8) is 0 Å². The average Bonchev–Trinajstić information content (AvgIpc) is 2.35. The summed E-state index contributed by atoms with van der Waals surface area (Å²) in [5, 5.41) is 26.7. The van der Waals surface area contributed by atoms with Crippen LogP contribution in [0.3, 0.4) is 0 Å². The van der Waals surface area contributed by atoms with Gasteiger partial charge in [-0.05, 0) is 12.1 Å². The Morgan fingerprint density at radius 2 is 1.71 bits per heavy atom. The van der Waals surface area contributed by atoms with Crippen LogP contribution in [-0.2, 0) is 6.18 Å². The number of alkyl halides is 3. The van der Waals surface area contributed by atoms with Gasteiger partial charge >= 0.3 is 18.1 Å². The molecular formula is C12H6F3NO5. The number of aromatic nitrogens is 1. The zero-order valence-corrected chi connectivity index (χ0v) is 9.97. The van der Waals surface area contributed by atoms with E-state index >= 15 is 0 Å². The number of benzene rings is 1. The van der Waals surface area contributed by atoms with Gasteiger partial charge in [-0.1, -0.05) is 6.07 Å². The Morgan fingerprint density at radius 3 is 2.19 bits per heavy atom. The highest BCUT2D eigenvalue weighted by Crippen LogP contribution is 2.40. The Labute approximate surface area is 114 Å². The molecule has 1 heterocycles. The van der Waals surface area contributed by atoms with E-state index in [1.54, 1.807) is 0 Å². The van der Waals surface area contributed by atoms with E-state index in [0.717, 1.165) is 12.1 Å². The first-order chi connectivity index (χ1) is 9.64. The topological polar surface area (TPSA) is 108 Å². The lowest BCUT2D eigenvalue weighted by Crippen LogP contribution is -2.13. The molecule has 21 heavy (non-hydrogen) atoms. The second-order valence-electron chi connectivity index (χ2n) is 3.99. The molecule has 3 N–H and O–H groups in total. The highest BCUT2D eigenvalue weighted by Gasteiger charge is 2.36. The van der Waals surface area contributed by atoms with E-state index < -0.39 is 51.6 Å². The summed E-state index contributed by atoms with van der Waals surface area (Å²) in [7, 11) is 0. The average molecular weight is 301 g/mol. The minimum atomic E-state index is -4.86. The third-order valence-electron chi connectivity index (χ3n) is 2.71. The van der Waals surface area contributed by atoms with Crippen molar-refractivity contribution in [1.82, 2.24) is 4.98 Å². The van der Waals surface area contributed by atoms with Crippen molar-refractivity contribution in [2.45, 2.75) is 6.18 Å². The number of pyridine rings is 1. The zero-order valence-electron chi connectivity index (χ0n) is 9.97. The summed E-state index contributed by atoms with van der Waals surface area (Å²) in [5.74, 6) is -4.95. The molecular weight excluding hydrogens is 295 g/mol. The van der Waals surface area contributed by atoms with Crippen molar-refractivity contribution in [2.75, 3.05) is 0 Å². The van der Waals surface area contributed by atoms with E-state index in [1.165, 1.54) is 0 Å². The van der Waals surface area contributed by atoms with E-state index in [0.29, 0.717) is 6.07 Å². The number of hydrogen-bond donors (Lipinski definition) is 3. The molecule has 0 fully saturated rings. The molecule has 0 atom stereocenters. The summed E-state index contributed by atoms with van der Waals surface area (Å²) in [6.45, 7) is 0. The Hall–Kier alpha value is -2.84. The number of carboxylic acids is 2. The molecule has 110 valence electrons. The molecule has 0 saturated heterocycles. The minimum Gasteiger partial charge on any atom is -0.506 e. The number of aromatic hydroxyl groups is 1. The van der Waals surface area contributed by atoms with Gasteiger partial charge in [-0.2, -0.15) is 13.2 Å². The van der Waals surface area contributed by atoms with Crippen molar-refractivity contribution in [3.8, 4) is 5.75 Å². The van der Waals surface area contributed by atoms with Crippen molar-refractivity contribution < 1.29 is 38.1 Å². The lowest BCUT2D eigenvalue weighted by Gasteiger charge is -2.13. The predicted molar refractivity (Wildman–Crippen MR) is 62.3 cm³/mol. The molecule has 9 heteroatoms. The van der Waals surface area contributed by atoms with Gasteiger partial charge in [0.05, 0.1) is 16.5 Å². The summed E-state index contributed by atoms with van der Waals surface area (Å²) in [6, 6.07) is 2.65. The normalized spacial score (nSPS) is 11.6. The number of rotatable bonds is 2. The summed E-state index contributed by atoms with van der Waals surface area (Å²) in [6.07, 6.45) is -4.86. The second kappa shape index (κ2) is 4.62. The molecule has 1 aromatic carbocycles. The van der Waals surface area contributed by atoms with Crippen LogP contribution in [0.25, 0.3) is 10.9 Å². The smallest absolute Gasteiger partial charge is 0.417 e. The highest BCUT2D eigenvalue weighted by atomic mass is 19.4. The molecule has 0 unspecified atom stereocenters. The molecule has 2 rings (SSSR count). The summed E-state index contributed by atoms with van der Waals surface area (Å²) in [5.41, 5.74) is -3.99. The number of halogens is 3. The Bertz CT molecular complexity index is 770. The third-order valence-corrected chi connectivity index (χ3v) is 2.71. The zero-order chi connectivity index (χ0) is 15.9. The van der Waals surface area contributed by atoms with Crippen LogP contribution in [0.2, 0.25) is 0 Å². The third kappa shape index (κ3) is 2.33. The molecule has 0 amide bonds. The maximum Gasteiger partial charge on any atom is 0.417 e. The largest absolute Gasteiger partial charge is 0.506 e. The Kier molecular flexibility index (Phi) is 3.20. The number of aromatic carboxylic acids is 2. The summed E-state index contributed by atoms with van der Waals surface area (Å²) >= 11 is 0. The van der Waals surface area contributed by atoms with Gasteiger partial charge in [0, 0.05) is 0 Å². The van der Waals surface area contributed by atoms with Gasteiger partial charge in [0.1, 0.15) is 11.3 Å². The van der Waals surface area contributed by atoms with Gasteiger partial charge in [-0.15, -0.1) is 0 Å².